The van der Waals surface area contributed by atoms with Gasteiger partial charge in [0, 0.05) is 37.4 Å². The van der Waals surface area contributed by atoms with Gasteiger partial charge < -0.3 is 24.6 Å². The molecule has 1 amide bonds. The Morgan fingerprint density at radius 2 is 1.83 bits per heavy atom. The van der Waals surface area contributed by atoms with Crippen LogP contribution in [0.25, 0.3) is 0 Å². The maximum absolute atomic E-state index is 12.3. The number of aryl methyl sites for hydroxylation is 1. The predicted octanol–water partition coefficient (Wildman–Crippen LogP) is 3.25. The lowest BCUT2D eigenvalue weighted by Gasteiger charge is -2.34. The molecule has 1 saturated heterocycles. The van der Waals surface area contributed by atoms with E-state index in [1.54, 1.807) is 7.11 Å². The number of likely N-dealkylation sites (N-methyl/N-ethyl adjacent to an activating group) is 1. The molecule has 0 aliphatic carbocycles. The summed E-state index contributed by atoms with van der Waals surface area (Å²) < 4.78 is 11.2. The van der Waals surface area contributed by atoms with E-state index in [2.05, 4.69) is 22.2 Å². The number of benzene rings is 2. The van der Waals surface area contributed by atoms with Crippen molar-refractivity contribution in [1.82, 2.24) is 9.80 Å². The highest BCUT2D eigenvalue weighted by atomic mass is 32.1. The van der Waals surface area contributed by atoms with E-state index in [9.17, 15) is 4.79 Å². The number of piperazine rings is 1. The van der Waals surface area contributed by atoms with Gasteiger partial charge in [0.2, 0.25) is 0 Å². The highest BCUT2D eigenvalue weighted by Gasteiger charge is 2.19. The number of carbonyl (C=O) groups is 1. The van der Waals surface area contributed by atoms with Crippen LogP contribution in [0.2, 0.25) is 0 Å². The van der Waals surface area contributed by atoms with Crippen molar-refractivity contribution in [2.24, 2.45) is 0 Å². The molecule has 0 spiro atoms. The first-order valence-corrected chi connectivity index (χ1v) is 10.4. The van der Waals surface area contributed by atoms with Crippen molar-refractivity contribution in [1.29, 1.82) is 0 Å². The zero-order valence-electron chi connectivity index (χ0n) is 18.0. The van der Waals surface area contributed by atoms with Gasteiger partial charge in [-0.15, -0.1) is 0 Å². The Labute approximate surface area is 183 Å². The molecule has 0 saturated carbocycles. The Morgan fingerprint density at radius 1 is 1.10 bits per heavy atom. The second-order valence-electron chi connectivity index (χ2n) is 7.55. The Balaban J connectivity index is 1.63. The predicted molar refractivity (Wildman–Crippen MR) is 124 cm³/mol. The van der Waals surface area contributed by atoms with Crippen molar-refractivity contribution in [2.75, 3.05) is 52.3 Å². The summed E-state index contributed by atoms with van der Waals surface area (Å²) in [6.45, 7) is 7.70. The Bertz CT molecular complexity index is 924. The standard InChI is InChI=1S/C23H29N3O3S/c1-16-6-5-7-19(17(16)2)24-22(27)15-29-20-9-8-18(14-21(20)28-4)23(30)26-12-10-25(3)11-13-26/h5-9,14H,10-13,15H2,1-4H3,(H,24,27). The molecular formula is C23H29N3O3S. The van der Waals surface area contributed by atoms with Gasteiger partial charge in [-0.25, -0.2) is 0 Å². The average molecular weight is 428 g/mol. The summed E-state index contributed by atoms with van der Waals surface area (Å²) in [7, 11) is 3.70. The molecule has 2 aromatic rings. The van der Waals surface area contributed by atoms with E-state index in [1.807, 2.05) is 50.2 Å². The third-order valence-electron chi connectivity index (χ3n) is 5.44. The molecule has 0 bridgehead atoms. The lowest BCUT2D eigenvalue weighted by molar-refractivity contribution is -0.118. The smallest absolute Gasteiger partial charge is 0.262 e. The number of hydrogen-bond acceptors (Lipinski definition) is 5. The van der Waals surface area contributed by atoms with E-state index in [1.165, 1.54) is 0 Å². The number of nitrogens with zero attached hydrogens (tertiary/aromatic N) is 2. The van der Waals surface area contributed by atoms with Crippen LogP contribution >= 0.6 is 12.2 Å². The van der Waals surface area contributed by atoms with Crippen LogP contribution in [-0.4, -0.2) is 67.6 Å². The van der Waals surface area contributed by atoms with E-state index in [0.717, 1.165) is 53.5 Å². The number of nitrogens with one attached hydrogen (secondary N) is 1. The second-order valence-corrected chi connectivity index (χ2v) is 7.93. The van der Waals surface area contributed by atoms with Crippen LogP contribution in [0.1, 0.15) is 16.7 Å². The van der Waals surface area contributed by atoms with E-state index in [4.69, 9.17) is 21.7 Å². The Kier molecular flexibility index (Phi) is 7.29. The van der Waals surface area contributed by atoms with Gasteiger partial charge in [-0.1, -0.05) is 24.4 Å². The molecule has 3 rings (SSSR count). The lowest BCUT2D eigenvalue weighted by atomic mass is 10.1. The van der Waals surface area contributed by atoms with E-state index in [0.29, 0.717) is 11.5 Å². The van der Waals surface area contributed by atoms with Crippen LogP contribution in [-0.2, 0) is 4.79 Å². The number of amides is 1. The summed E-state index contributed by atoms with van der Waals surface area (Å²) in [4.78, 5) is 17.7. The van der Waals surface area contributed by atoms with Crippen LogP contribution < -0.4 is 14.8 Å². The molecule has 6 nitrogen and oxygen atoms in total. The number of hydrogen-bond donors (Lipinski definition) is 1. The lowest BCUT2D eigenvalue weighted by Crippen LogP contribution is -2.46. The van der Waals surface area contributed by atoms with Crippen LogP contribution in [0.4, 0.5) is 5.69 Å². The minimum Gasteiger partial charge on any atom is -0.493 e. The van der Waals surface area contributed by atoms with Crippen LogP contribution in [0.5, 0.6) is 11.5 Å². The van der Waals surface area contributed by atoms with Crippen molar-refractivity contribution in [3.05, 3.63) is 53.1 Å². The molecule has 2 aromatic carbocycles. The summed E-state index contributed by atoms with van der Waals surface area (Å²) in [5.74, 6) is 0.852. The fourth-order valence-corrected chi connectivity index (χ4v) is 3.64. The number of rotatable bonds is 6. The first-order valence-electron chi connectivity index (χ1n) is 10.0. The third kappa shape index (κ3) is 5.29. The summed E-state index contributed by atoms with van der Waals surface area (Å²) in [6, 6.07) is 11.4. The molecule has 1 fully saturated rings. The zero-order valence-corrected chi connectivity index (χ0v) is 18.8. The molecule has 0 atom stereocenters. The minimum absolute atomic E-state index is 0.105. The topological polar surface area (TPSA) is 54.0 Å². The van der Waals surface area contributed by atoms with Gasteiger partial charge in [-0.05, 0) is 56.3 Å². The molecule has 1 aliphatic rings. The minimum atomic E-state index is -0.220. The van der Waals surface area contributed by atoms with Crippen molar-refractivity contribution in [3.63, 3.8) is 0 Å². The zero-order chi connectivity index (χ0) is 21.7. The van der Waals surface area contributed by atoms with Gasteiger partial charge in [-0.3, -0.25) is 4.79 Å². The van der Waals surface area contributed by atoms with Gasteiger partial charge in [-0.2, -0.15) is 0 Å². The van der Waals surface area contributed by atoms with Crippen molar-refractivity contribution >= 4 is 28.8 Å². The monoisotopic (exact) mass is 427 g/mol. The molecule has 160 valence electrons. The van der Waals surface area contributed by atoms with E-state index >= 15 is 0 Å². The normalized spacial score (nSPS) is 14.3. The number of methoxy groups -OCH3 is 1. The number of carbonyl (C=O) groups excluding carboxylic acids is 1. The second kappa shape index (κ2) is 9.91. The van der Waals surface area contributed by atoms with Crippen molar-refractivity contribution < 1.29 is 14.3 Å². The highest BCUT2D eigenvalue weighted by molar-refractivity contribution is 7.80. The van der Waals surface area contributed by atoms with Crippen LogP contribution in [0, 0.1) is 13.8 Å². The molecule has 7 heteroatoms. The molecule has 1 aliphatic heterocycles. The largest absolute Gasteiger partial charge is 0.493 e. The first-order chi connectivity index (χ1) is 14.4. The Hall–Kier alpha value is -2.64. The molecule has 30 heavy (non-hydrogen) atoms. The van der Waals surface area contributed by atoms with E-state index in [-0.39, 0.29) is 12.5 Å². The number of anilines is 1. The summed E-state index contributed by atoms with van der Waals surface area (Å²) in [6.07, 6.45) is 0. The van der Waals surface area contributed by atoms with Crippen molar-refractivity contribution in [2.45, 2.75) is 13.8 Å². The number of thiocarbonyl (C=S) groups is 1. The fourth-order valence-electron chi connectivity index (χ4n) is 3.33. The van der Waals surface area contributed by atoms with Gasteiger partial charge in [0.15, 0.2) is 18.1 Å². The van der Waals surface area contributed by atoms with Gasteiger partial charge in [0.1, 0.15) is 4.99 Å². The Morgan fingerprint density at radius 3 is 2.53 bits per heavy atom. The molecule has 0 unspecified atom stereocenters. The molecule has 1 heterocycles. The van der Waals surface area contributed by atoms with Gasteiger partial charge in [0.05, 0.1) is 7.11 Å². The average Bonchev–Trinajstić information content (AvgIpc) is 2.75. The summed E-state index contributed by atoms with van der Waals surface area (Å²) in [5, 5.41) is 2.90. The van der Waals surface area contributed by atoms with Crippen molar-refractivity contribution in [3.8, 4) is 11.5 Å². The van der Waals surface area contributed by atoms with Gasteiger partial charge in [0.25, 0.3) is 5.91 Å². The van der Waals surface area contributed by atoms with E-state index < -0.39 is 0 Å². The maximum Gasteiger partial charge on any atom is 0.262 e. The third-order valence-corrected chi connectivity index (χ3v) is 5.93. The molecular weight excluding hydrogens is 398 g/mol. The quantitative estimate of drug-likeness (QED) is 0.715. The molecule has 0 aromatic heterocycles. The fraction of sp³-hybridized carbons (Fsp3) is 0.391. The van der Waals surface area contributed by atoms with Gasteiger partial charge >= 0.3 is 0 Å². The number of ether oxygens (including phenoxy) is 2. The summed E-state index contributed by atoms with van der Waals surface area (Å²) in [5.41, 5.74) is 3.88. The molecule has 0 radical (unpaired) electrons. The first kappa shape index (κ1) is 22.1. The summed E-state index contributed by atoms with van der Waals surface area (Å²) >= 11 is 5.68. The van der Waals surface area contributed by atoms with Crippen LogP contribution in [0.3, 0.4) is 0 Å². The SMILES string of the molecule is COc1cc(C(=S)N2CCN(C)CC2)ccc1OCC(=O)Nc1cccc(C)c1C. The van der Waals surface area contributed by atoms with Crippen LogP contribution in [0.15, 0.2) is 36.4 Å². The maximum atomic E-state index is 12.3. The highest BCUT2D eigenvalue weighted by Crippen LogP contribution is 2.29. The molecule has 1 N–H and O–H groups in total.